The summed E-state index contributed by atoms with van der Waals surface area (Å²) in [4.78, 5) is 4.08. The van der Waals surface area contributed by atoms with Crippen LogP contribution in [0, 0.1) is 0 Å². The maximum absolute atomic E-state index is 6.15. The lowest BCUT2D eigenvalue weighted by molar-refractivity contribution is 0.344. The summed E-state index contributed by atoms with van der Waals surface area (Å²) >= 11 is 13.6. The number of ether oxygens (including phenoxy) is 1. The summed E-state index contributed by atoms with van der Waals surface area (Å²) in [6.45, 7) is 0.470. The molecule has 0 fully saturated rings. The van der Waals surface area contributed by atoms with Gasteiger partial charge in [-0.25, -0.2) is 0 Å². The van der Waals surface area contributed by atoms with Crippen molar-refractivity contribution in [2.24, 2.45) is 0 Å². The summed E-state index contributed by atoms with van der Waals surface area (Å²) in [6.07, 6.45) is 3.49. The van der Waals surface area contributed by atoms with E-state index in [0.29, 0.717) is 28.2 Å². The van der Waals surface area contributed by atoms with Crippen molar-refractivity contribution in [3.8, 4) is 22.8 Å². The molecule has 2 heterocycles. The molecule has 0 saturated carbocycles. The molecule has 0 aliphatic carbocycles. The fourth-order valence-electron chi connectivity index (χ4n) is 2.74. The Labute approximate surface area is 182 Å². The lowest BCUT2D eigenvalue weighted by Crippen LogP contribution is -2.03. The molecule has 8 heteroatoms. The van der Waals surface area contributed by atoms with Crippen molar-refractivity contribution >= 4 is 35.0 Å². The van der Waals surface area contributed by atoms with E-state index in [1.165, 1.54) is 0 Å². The van der Waals surface area contributed by atoms with Crippen LogP contribution in [0.3, 0.4) is 0 Å². The minimum Gasteiger partial charge on any atom is -0.491 e. The Morgan fingerprint density at radius 3 is 2.48 bits per heavy atom. The van der Waals surface area contributed by atoms with Crippen molar-refractivity contribution in [3.63, 3.8) is 0 Å². The highest BCUT2D eigenvalue weighted by atomic mass is 35.5. The largest absolute Gasteiger partial charge is 0.491 e. The summed E-state index contributed by atoms with van der Waals surface area (Å²) in [5.74, 6) is 2.06. The van der Waals surface area contributed by atoms with E-state index in [1.54, 1.807) is 42.4 Å². The summed E-state index contributed by atoms with van der Waals surface area (Å²) in [5, 5.41) is 10.7. The van der Waals surface area contributed by atoms with Crippen molar-refractivity contribution in [2.75, 3.05) is 12.4 Å². The Kier molecular flexibility index (Phi) is 6.34. The zero-order valence-corrected chi connectivity index (χ0v) is 17.5. The summed E-state index contributed by atoms with van der Waals surface area (Å²) in [6, 6.07) is 19.1. The molecule has 2 aromatic carbocycles. The SMILES string of the molecule is Clc1ccc(OCCSc2nnc(-c3ccncc3)n2-c2ccccc2)c(Cl)c1. The predicted molar refractivity (Wildman–Crippen MR) is 117 cm³/mol. The van der Waals surface area contributed by atoms with Gasteiger partial charge in [0.25, 0.3) is 0 Å². The fourth-order valence-corrected chi connectivity index (χ4v) is 3.97. The summed E-state index contributed by atoms with van der Waals surface area (Å²) in [7, 11) is 0. The third kappa shape index (κ3) is 4.72. The van der Waals surface area contributed by atoms with Crippen molar-refractivity contribution in [3.05, 3.63) is 83.1 Å². The zero-order valence-electron chi connectivity index (χ0n) is 15.2. The first-order chi connectivity index (χ1) is 14.2. The van der Waals surface area contributed by atoms with E-state index in [9.17, 15) is 0 Å². The first-order valence-corrected chi connectivity index (χ1v) is 10.6. The molecule has 29 heavy (non-hydrogen) atoms. The molecule has 0 aliphatic heterocycles. The van der Waals surface area contributed by atoms with Crippen molar-refractivity contribution in [2.45, 2.75) is 5.16 Å². The quantitative estimate of drug-likeness (QED) is 0.267. The van der Waals surface area contributed by atoms with Gasteiger partial charge in [-0.2, -0.15) is 0 Å². The van der Waals surface area contributed by atoms with E-state index < -0.39 is 0 Å². The molecule has 0 spiro atoms. The normalized spacial score (nSPS) is 10.8. The Morgan fingerprint density at radius 1 is 0.931 bits per heavy atom. The first kappa shape index (κ1) is 19.8. The maximum Gasteiger partial charge on any atom is 0.196 e. The second-order valence-electron chi connectivity index (χ2n) is 5.98. The average molecular weight is 443 g/mol. The summed E-state index contributed by atoms with van der Waals surface area (Å²) < 4.78 is 7.81. The van der Waals surface area contributed by atoms with Gasteiger partial charge in [0.1, 0.15) is 5.75 Å². The molecule has 5 nitrogen and oxygen atoms in total. The molecular weight excluding hydrogens is 427 g/mol. The molecule has 0 radical (unpaired) electrons. The molecule has 0 aliphatic rings. The molecule has 4 aromatic rings. The van der Waals surface area contributed by atoms with Gasteiger partial charge in [-0.3, -0.25) is 9.55 Å². The molecule has 0 bridgehead atoms. The minimum atomic E-state index is 0.470. The van der Waals surface area contributed by atoms with Crippen LogP contribution in [0.1, 0.15) is 0 Å². The number of benzene rings is 2. The zero-order chi connectivity index (χ0) is 20.1. The van der Waals surface area contributed by atoms with Gasteiger partial charge in [0, 0.05) is 34.4 Å². The average Bonchev–Trinajstić information content (AvgIpc) is 3.17. The molecule has 0 amide bonds. The third-order valence-electron chi connectivity index (χ3n) is 4.05. The standard InChI is InChI=1S/C21H16Cl2N4OS/c22-16-6-7-19(18(23)14-16)28-12-13-29-21-26-25-20(15-8-10-24-11-9-15)27(21)17-4-2-1-3-5-17/h1-11,14H,12-13H2. The van der Waals surface area contributed by atoms with Gasteiger partial charge in [-0.05, 0) is 42.5 Å². The molecule has 0 atom stereocenters. The monoisotopic (exact) mass is 442 g/mol. The number of para-hydroxylation sites is 1. The second kappa shape index (κ2) is 9.31. The van der Waals surface area contributed by atoms with Crippen LogP contribution in [0.25, 0.3) is 17.1 Å². The van der Waals surface area contributed by atoms with Gasteiger partial charge in [0.15, 0.2) is 11.0 Å². The minimum absolute atomic E-state index is 0.470. The van der Waals surface area contributed by atoms with Crippen molar-refractivity contribution < 1.29 is 4.74 Å². The second-order valence-corrected chi connectivity index (χ2v) is 7.89. The summed E-state index contributed by atoms with van der Waals surface area (Å²) in [5.41, 5.74) is 1.95. The van der Waals surface area contributed by atoms with Gasteiger partial charge in [-0.1, -0.05) is 53.2 Å². The van der Waals surface area contributed by atoms with E-state index in [1.807, 2.05) is 47.0 Å². The smallest absolute Gasteiger partial charge is 0.196 e. The molecule has 4 rings (SSSR count). The highest BCUT2D eigenvalue weighted by molar-refractivity contribution is 7.99. The number of thioether (sulfide) groups is 1. The Hall–Kier alpha value is -2.54. The van der Waals surface area contributed by atoms with Crippen LogP contribution in [0.15, 0.2) is 78.2 Å². The lowest BCUT2D eigenvalue weighted by Gasteiger charge is -2.11. The van der Waals surface area contributed by atoms with E-state index >= 15 is 0 Å². The highest BCUT2D eigenvalue weighted by Gasteiger charge is 2.16. The predicted octanol–water partition coefficient (Wildman–Crippen LogP) is 5.81. The Bertz CT molecular complexity index is 1090. The van der Waals surface area contributed by atoms with Crippen molar-refractivity contribution in [1.82, 2.24) is 19.7 Å². The lowest BCUT2D eigenvalue weighted by atomic mass is 10.2. The van der Waals surface area contributed by atoms with Crippen LogP contribution in [-0.4, -0.2) is 32.1 Å². The van der Waals surface area contributed by atoms with Crippen LogP contribution < -0.4 is 4.74 Å². The Balaban J connectivity index is 1.52. The molecule has 2 aromatic heterocycles. The van der Waals surface area contributed by atoms with Gasteiger partial charge in [-0.15, -0.1) is 10.2 Å². The number of pyridine rings is 1. The van der Waals surface area contributed by atoms with E-state index in [0.717, 1.165) is 22.2 Å². The van der Waals surface area contributed by atoms with Gasteiger partial charge in [0.05, 0.1) is 11.6 Å². The molecule has 0 saturated heterocycles. The van der Waals surface area contributed by atoms with Gasteiger partial charge >= 0.3 is 0 Å². The van der Waals surface area contributed by atoms with Crippen LogP contribution >= 0.6 is 35.0 Å². The topological polar surface area (TPSA) is 52.8 Å². The van der Waals surface area contributed by atoms with Crippen LogP contribution in [0.2, 0.25) is 10.0 Å². The number of halogens is 2. The Morgan fingerprint density at radius 2 is 1.72 bits per heavy atom. The molecular formula is C21H16Cl2N4OS. The molecule has 0 N–H and O–H groups in total. The third-order valence-corrected chi connectivity index (χ3v) is 5.48. The number of rotatable bonds is 7. The fraction of sp³-hybridized carbons (Fsp3) is 0.0952. The van der Waals surface area contributed by atoms with Crippen LogP contribution in [0.4, 0.5) is 0 Å². The van der Waals surface area contributed by atoms with E-state index in [2.05, 4.69) is 15.2 Å². The molecule has 0 unspecified atom stereocenters. The van der Waals surface area contributed by atoms with Crippen LogP contribution in [-0.2, 0) is 0 Å². The number of hydrogen-bond acceptors (Lipinski definition) is 5. The molecule has 146 valence electrons. The van der Waals surface area contributed by atoms with Crippen molar-refractivity contribution in [1.29, 1.82) is 0 Å². The van der Waals surface area contributed by atoms with Crippen LogP contribution in [0.5, 0.6) is 5.75 Å². The van der Waals surface area contributed by atoms with Gasteiger partial charge < -0.3 is 4.74 Å². The number of aromatic nitrogens is 4. The van der Waals surface area contributed by atoms with E-state index in [-0.39, 0.29) is 0 Å². The van der Waals surface area contributed by atoms with E-state index in [4.69, 9.17) is 27.9 Å². The first-order valence-electron chi connectivity index (χ1n) is 8.84. The number of hydrogen-bond donors (Lipinski definition) is 0. The number of nitrogens with zero attached hydrogens (tertiary/aromatic N) is 4. The maximum atomic E-state index is 6.15. The van der Waals surface area contributed by atoms with Gasteiger partial charge in [0.2, 0.25) is 0 Å². The highest BCUT2D eigenvalue weighted by Crippen LogP contribution is 2.29.